The van der Waals surface area contributed by atoms with Gasteiger partial charge in [0, 0.05) is 5.41 Å². The highest BCUT2D eigenvalue weighted by Gasteiger charge is 2.74. The third-order valence-corrected chi connectivity index (χ3v) is 14.8. The van der Waals surface area contributed by atoms with Gasteiger partial charge in [0.1, 0.15) is 6.10 Å². The molecule has 0 radical (unpaired) electrons. The molecule has 230 valence electrons. The van der Waals surface area contributed by atoms with E-state index >= 15 is 0 Å². The monoisotopic (exact) mass is 576 g/mol. The summed E-state index contributed by atoms with van der Waals surface area (Å²) >= 11 is 0. The average molecular weight is 577 g/mol. The Morgan fingerprint density at radius 1 is 0.905 bits per heavy atom. The quantitative estimate of drug-likeness (QED) is 0.281. The zero-order valence-corrected chi connectivity index (χ0v) is 26.6. The number of carboxylic acids is 1. The van der Waals surface area contributed by atoms with E-state index in [1.54, 1.807) is 0 Å². The smallest absolute Gasteiger partial charge is 0.338 e. The Hall–Kier alpha value is -2.14. The second-order valence-electron chi connectivity index (χ2n) is 16.3. The number of hydrogen-bond acceptors (Lipinski definition) is 4. The number of aliphatic hydroxyl groups is 1. The Balaban J connectivity index is 1.49. The van der Waals surface area contributed by atoms with Gasteiger partial charge in [0.05, 0.1) is 17.1 Å². The fourth-order valence-corrected chi connectivity index (χ4v) is 12.4. The third-order valence-electron chi connectivity index (χ3n) is 14.8. The number of carbonyl (C=O) groups is 2. The van der Waals surface area contributed by atoms with E-state index < -0.39 is 11.4 Å². The van der Waals surface area contributed by atoms with Crippen LogP contribution in [0, 0.1) is 56.7 Å². The molecule has 5 saturated carbocycles. The lowest BCUT2D eigenvalue weighted by Gasteiger charge is -2.73. The summed E-state index contributed by atoms with van der Waals surface area (Å²) in [5, 5.41) is 21.9. The summed E-state index contributed by atoms with van der Waals surface area (Å²) in [4.78, 5) is 26.8. The predicted octanol–water partition coefficient (Wildman–Crippen LogP) is 7.93. The number of rotatable bonds is 4. The lowest BCUT2D eigenvalue weighted by atomic mass is 9.31. The van der Waals surface area contributed by atoms with Crippen LogP contribution in [0.25, 0.3) is 0 Å². The van der Waals surface area contributed by atoms with Crippen LogP contribution in [0.15, 0.2) is 42.5 Å². The lowest BCUT2D eigenvalue weighted by molar-refractivity contribution is -0.282. The van der Waals surface area contributed by atoms with E-state index in [0.717, 1.165) is 56.9 Å². The van der Waals surface area contributed by atoms with Crippen LogP contribution in [0.1, 0.15) is 110 Å². The molecule has 11 atom stereocenters. The second kappa shape index (κ2) is 9.68. The molecule has 1 unspecified atom stereocenters. The first kappa shape index (κ1) is 29.9. The number of aliphatic hydroxyl groups excluding tert-OH is 1. The van der Waals surface area contributed by atoms with Gasteiger partial charge >= 0.3 is 11.9 Å². The first-order chi connectivity index (χ1) is 19.6. The van der Waals surface area contributed by atoms with Crippen molar-refractivity contribution in [2.24, 2.45) is 56.7 Å². The zero-order valence-electron chi connectivity index (χ0n) is 26.6. The minimum Gasteiger partial charge on any atom is -0.481 e. The summed E-state index contributed by atoms with van der Waals surface area (Å²) in [6.07, 6.45) is 6.96. The molecule has 0 spiro atoms. The molecule has 5 fully saturated rings. The van der Waals surface area contributed by atoms with E-state index in [2.05, 4.69) is 48.1 Å². The molecule has 5 aliphatic rings. The molecule has 2 N–H and O–H groups in total. The van der Waals surface area contributed by atoms with E-state index in [9.17, 15) is 19.8 Å². The fourth-order valence-electron chi connectivity index (χ4n) is 12.4. The molecule has 42 heavy (non-hydrogen) atoms. The highest BCUT2D eigenvalue weighted by Crippen LogP contribution is 2.77. The van der Waals surface area contributed by atoms with Crippen molar-refractivity contribution >= 4 is 11.9 Å². The highest BCUT2D eigenvalue weighted by atomic mass is 16.5. The van der Waals surface area contributed by atoms with Gasteiger partial charge in [-0.25, -0.2) is 4.79 Å². The van der Waals surface area contributed by atoms with Gasteiger partial charge < -0.3 is 14.9 Å². The summed E-state index contributed by atoms with van der Waals surface area (Å²) in [6.45, 7) is 18.2. The Labute approximate surface area is 252 Å². The molecule has 5 heteroatoms. The normalized spacial score (nSPS) is 47.3. The van der Waals surface area contributed by atoms with E-state index in [1.807, 2.05) is 30.3 Å². The number of carboxylic acid groups (broad SMARTS) is 1. The lowest BCUT2D eigenvalue weighted by Crippen LogP contribution is -2.71. The number of carbonyl (C=O) groups excluding carboxylic acids is 1. The molecule has 0 heterocycles. The number of aliphatic carboxylic acids is 1. The van der Waals surface area contributed by atoms with Crippen LogP contribution in [-0.4, -0.2) is 34.4 Å². The molecule has 0 amide bonds. The van der Waals surface area contributed by atoms with Gasteiger partial charge in [-0.1, -0.05) is 65.0 Å². The van der Waals surface area contributed by atoms with Crippen molar-refractivity contribution in [3.8, 4) is 0 Å². The Morgan fingerprint density at radius 3 is 2.24 bits per heavy atom. The van der Waals surface area contributed by atoms with Crippen molar-refractivity contribution < 1.29 is 24.5 Å². The Morgan fingerprint density at radius 2 is 1.60 bits per heavy atom. The van der Waals surface area contributed by atoms with Crippen LogP contribution in [-0.2, 0) is 9.53 Å². The predicted molar refractivity (Wildman–Crippen MR) is 164 cm³/mol. The molecule has 6 rings (SSSR count). The Kier molecular flexibility index (Phi) is 6.89. The molecule has 0 aliphatic heterocycles. The highest BCUT2D eigenvalue weighted by molar-refractivity contribution is 5.89. The number of ether oxygens (including phenoxy) is 1. The van der Waals surface area contributed by atoms with Crippen LogP contribution in [0.2, 0.25) is 0 Å². The van der Waals surface area contributed by atoms with Crippen LogP contribution >= 0.6 is 0 Å². The van der Waals surface area contributed by atoms with Gasteiger partial charge in [-0.2, -0.15) is 0 Å². The SMILES string of the molecule is C=C(C)[C@@H]1CC[C@]2(C(=O)O)CC[C@]3(C)[C@H](CC[C@H]4[C@@]3(C)[C@@H](OC(=O)c3ccccc3)CC3C(C)(C)[C@H](O)CC[C@@]34C)[C@@H]12. The summed E-state index contributed by atoms with van der Waals surface area (Å²) in [7, 11) is 0. The number of allylic oxidation sites excluding steroid dienone is 1. The van der Waals surface area contributed by atoms with Crippen molar-refractivity contribution in [3.05, 3.63) is 48.0 Å². The van der Waals surface area contributed by atoms with Crippen molar-refractivity contribution in [3.63, 3.8) is 0 Å². The first-order valence-corrected chi connectivity index (χ1v) is 16.5. The van der Waals surface area contributed by atoms with E-state index in [0.29, 0.717) is 17.9 Å². The zero-order chi connectivity index (χ0) is 30.5. The maximum absolute atomic E-state index is 13.8. The fraction of sp³-hybridized carbons (Fsp3) is 0.730. The summed E-state index contributed by atoms with van der Waals surface area (Å²) in [5.74, 6) is 0.130. The van der Waals surface area contributed by atoms with E-state index in [-0.39, 0.29) is 63.5 Å². The topological polar surface area (TPSA) is 83.8 Å². The number of esters is 1. The molecule has 5 nitrogen and oxygen atoms in total. The third kappa shape index (κ3) is 3.77. The van der Waals surface area contributed by atoms with Crippen LogP contribution < -0.4 is 0 Å². The molecular weight excluding hydrogens is 524 g/mol. The number of benzene rings is 1. The van der Waals surface area contributed by atoms with Gasteiger partial charge in [-0.3, -0.25) is 4.79 Å². The molecule has 5 aliphatic carbocycles. The van der Waals surface area contributed by atoms with Crippen LogP contribution in [0.3, 0.4) is 0 Å². The molecule has 0 bridgehead atoms. The van der Waals surface area contributed by atoms with Gasteiger partial charge in [0.2, 0.25) is 0 Å². The minimum absolute atomic E-state index is 0.00583. The average Bonchev–Trinajstić information content (AvgIpc) is 3.35. The van der Waals surface area contributed by atoms with Crippen molar-refractivity contribution in [2.75, 3.05) is 0 Å². The first-order valence-electron chi connectivity index (χ1n) is 16.5. The molecule has 1 aromatic carbocycles. The van der Waals surface area contributed by atoms with Gasteiger partial charge in [-0.15, -0.1) is 0 Å². The van der Waals surface area contributed by atoms with E-state index in [4.69, 9.17) is 4.74 Å². The van der Waals surface area contributed by atoms with Crippen molar-refractivity contribution in [1.29, 1.82) is 0 Å². The van der Waals surface area contributed by atoms with Gasteiger partial charge in [-0.05, 0) is 123 Å². The molecule has 0 saturated heterocycles. The maximum atomic E-state index is 13.8. The summed E-state index contributed by atoms with van der Waals surface area (Å²) in [6, 6.07) is 9.32. The molecular formula is C37H52O5. The maximum Gasteiger partial charge on any atom is 0.338 e. The van der Waals surface area contributed by atoms with Gasteiger partial charge in [0.25, 0.3) is 0 Å². The summed E-state index contributed by atoms with van der Waals surface area (Å²) < 4.78 is 6.69. The number of fused-ring (bicyclic) bond motifs is 7. The second-order valence-corrected chi connectivity index (χ2v) is 16.3. The largest absolute Gasteiger partial charge is 0.481 e. The number of hydrogen-bond donors (Lipinski definition) is 2. The standard InChI is InChI=1S/C37H52O5/c1-22(2)24-15-18-37(32(40)41)20-19-35(6)25(30(24)37)13-14-26-34(5)17-16-28(38)33(3,4)27(34)21-29(36(26,35)7)42-31(39)23-11-9-8-10-12-23/h8-12,24-30,38H,1,13-21H2,2-7H3,(H,40,41)/t24-,25+,26+,27?,28+,29-,30+,34+,35+,36-,37-/m0/s1. The summed E-state index contributed by atoms with van der Waals surface area (Å²) in [5.41, 5.74) is 0.204. The van der Waals surface area contributed by atoms with Crippen molar-refractivity contribution in [1.82, 2.24) is 0 Å². The van der Waals surface area contributed by atoms with Crippen molar-refractivity contribution in [2.45, 2.75) is 112 Å². The van der Waals surface area contributed by atoms with Crippen LogP contribution in [0.5, 0.6) is 0 Å². The van der Waals surface area contributed by atoms with Crippen LogP contribution in [0.4, 0.5) is 0 Å². The Bertz CT molecular complexity index is 1270. The minimum atomic E-state index is -0.689. The van der Waals surface area contributed by atoms with Gasteiger partial charge in [0.15, 0.2) is 0 Å². The van der Waals surface area contributed by atoms with E-state index in [1.165, 1.54) is 0 Å². The molecule has 0 aromatic heterocycles. The molecule has 1 aromatic rings.